The zero-order valence-corrected chi connectivity index (χ0v) is 9.89. The zero-order valence-electron chi connectivity index (χ0n) is 9.89. The Balaban J connectivity index is 1.86. The maximum atomic E-state index is 4.41. The SMILES string of the molecule is C=N/C=C\N=C1C=C2C(=CC1)C1CNCC2C1. The second-order valence-corrected chi connectivity index (χ2v) is 4.85. The highest BCUT2D eigenvalue weighted by Crippen LogP contribution is 2.44. The van der Waals surface area contributed by atoms with Crippen molar-refractivity contribution in [3.63, 3.8) is 0 Å². The lowest BCUT2D eigenvalue weighted by Gasteiger charge is -2.18. The summed E-state index contributed by atoms with van der Waals surface area (Å²) in [4.78, 5) is 8.06. The Kier molecular flexibility index (Phi) is 2.77. The largest absolute Gasteiger partial charge is 0.316 e. The van der Waals surface area contributed by atoms with Crippen molar-refractivity contribution in [2.45, 2.75) is 12.8 Å². The van der Waals surface area contributed by atoms with E-state index in [2.05, 4.69) is 34.2 Å². The van der Waals surface area contributed by atoms with Crippen LogP contribution in [0, 0.1) is 11.8 Å². The van der Waals surface area contributed by atoms with Crippen LogP contribution in [0.5, 0.6) is 0 Å². The van der Waals surface area contributed by atoms with Gasteiger partial charge in [-0.1, -0.05) is 6.08 Å². The molecule has 3 heteroatoms. The van der Waals surface area contributed by atoms with E-state index < -0.39 is 0 Å². The van der Waals surface area contributed by atoms with E-state index in [9.17, 15) is 0 Å². The third-order valence-electron chi connectivity index (χ3n) is 3.83. The van der Waals surface area contributed by atoms with E-state index >= 15 is 0 Å². The van der Waals surface area contributed by atoms with Gasteiger partial charge in [0.2, 0.25) is 0 Å². The molecule has 2 aliphatic carbocycles. The van der Waals surface area contributed by atoms with Gasteiger partial charge >= 0.3 is 0 Å². The summed E-state index contributed by atoms with van der Waals surface area (Å²) in [6, 6.07) is 0. The van der Waals surface area contributed by atoms with Crippen LogP contribution in [0.25, 0.3) is 0 Å². The second-order valence-electron chi connectivity index (χ2n) is 4.85. The topological polar surface area (TPSA) is 36.8 Å². The van der Waals surface area contributed by atoms with Gasteiger partial charge in [-0.25, -0.2) is 0 Å². The van der Waals surface area contributed by atoms with Gasteiger partial charge in [0.25, 0.3) is 0 Å². The van der Waals surface area contributed by atoms with Crippen LogP contribution in [0.4, 0.5) is 0 Å². The highest BCUT2D eigenvalue weighted by atomic mass is 14.9. The molecule has 1 heterocycles. The fraction of sp³-hybridized carbons (Fsp3) is 0.429. The van der Waals surface area contributed by atoms with Gasteiger partial charge in [0.15, 0.2) is 0 Å². The summed E-state index contributed by atoms with van der Waals surface area (Å²) in [5.41, 5.74) is 4.23. The third-order valence-corrected chi connectivity index (χ3v) is 3.83. The van der Waals surface area contributed by atoms with Crippen LogP contribution >= 0.6 is 0 Å². The monoisotopic (exact) mass is 227 g/mol. The van der Waals surface area contributed by atoms with Crippen molar-refractivity contribution in [2.24, 2.45) is 21.8 Å². The summed E-state index contributed by atoms with van der Waals surface area (Å²) >= 11 is 0. The average Bonchev–Trinajstić information content (AvgIpc) is 2.62. The van der Waals surface area contributed by atoms with Crippen LogP contribution in [0.2, 0.25) is 0 Å². The minimum atomic E-state index is 0.701. The van der Waals surface area contributed by atoms with Gasteiger partial charge in [-0.15, -0.1) is 0 Å². The summed E-state index contributed by atoms with van der Waals surface area (Å²) in [6.07, 6.45) is 10.3. The zero-order chi connectivity index (χ0) is 11.7. The quantitative estimate of drug-likeness (QED) is 0.721. The lowest BCUT2D eigenvalue weighted by molar-refractivity contribution is 0.406. The van der Waals surface area contributed by atoms with Gasteiger partial charge in [0, 0.05) is 37.6 Å². The highest BCUT2D eigenvalue weighted by molar-refractivity contribution is 5.99. The van der Waals surface area contributed by atoms with Crippen LogP contribution in [0.1, 0.15) is 12.8 Å². The first-order valence-corrected chi connectivity index (χ1v) is 6.18. The lowest BCUT2D eigenvalue weighted by atomic mass is 9.93. The first-order valence-electron chi connectivity index (χ1n) is 6.18. The molecule has 2 atom stereocenters. The van der Waals surface area contributed by atoms with E-state index in [4.69, 9.17) is 0 Å². The predicted octanol–water partition coefficient (Wildman–Crippen LogP) is 2.09. The van der Waals surface area contributed by atoms with Gasteiger partial charge < -0.3 is 5.32 Å². The molecule has 3 aliphatic rings. The van der Waals surface area contributed by atoms with Crippen LogP contribution < -0.4 is 5.32 Å². The van der Waals surface area contributed by atoms with Crippen LogP contribution in [0.15, 0.2) is 45.7 Å². The maximum absolute atomic E-state index is 4.41. The van der Waals surface area contributed by atoms with Gasteiger partial charge in [0.05, 0.1) is 0 Å². The molecule has 1 N–H and O–H groups in total. The number of hydrogen-bond acceptors (Lipinski definition) is 3. The molecular weight excluding hydrogens is 210 g/mol. The van der Waals surface area contributed by atoms with Crippen molar-refractivity contribution >= 4 is 12.4 Å². The first-order chi connectivity index (χ1) is 8.38. The summed E-state index contributed by atoms with van der Waals surface area (Å²) in [7, 11) is 0. The Morgan fingerprint density at radius 1 is 1.24 bits per heavy atom. The van der Waals surface area contributed by atoms with E-state index in [1.54, 1.807) is 18.0 Å². The molecule has 2 bridgehead atoms. The standard InChI is InChI=1S/C14H17N3/c1-15-4-5-17-12-2-3-13-10-6-11(9-16-8-10)14(13)7-12/h3-5,7,10-11,16H,1-2,6,8-9H2/b5-4-,17-12?. The van der Waals surface area contributed by atoms with Gasteiger partial charge in [-0.05, 0) is 42.2 Å². The minimum Gasteiger partial charge on any atom is -0.316 e. The Labute approximate surface area is 102 Å². The molecule has 88 valence electrons. The van der Waals surface area contributed by atoms with E-state index in [1.807, 2.05) is 0 Å². The summed E-state index contributed by atoms with van der Waals surface area (Å²) < 4.78 is 0. The molecule has 0 radical (unpaired) electrons. The van der Waals surface area contributed by atoms with Crippen molar-refractivity contribution in [2.75, 3.05) is 13.1 Å². The van der Waals surface area contributed by atoms with E-state index in [-0.39, 0.29) is 0 Å². The number of hydrogen-bond donors (Lipinski definition) is 1. The highest BCUT2D eigenvalue weighted by Gasteiger charge is 2.37. The van der Waals surface area contributed by atoms with E-state index in [0.717, 1.165) is 31.1 Å². The molecule has 3 rings (SSSR count). The number of nitrogens with one attached hydrogen (secondary N) is 1. The molecule has 1 saturated heterocycles. The van der Waals surface area contributed by atoms with E-state index in [1.165, 1.54) is 12.0 Å². The predicted molar refractivity (Wildman–Crippen MR) is 71.4 cm³/mol. The Morgan fingerprint density at radius 3 is 2.88 bits per heavy atom. The molecule has 0 aromatic rings. The van der Waals surface area contributed by atoms with Crippen molar-refractivity contribution in [1.29, 1.82) is 0 Å². The molecule has 2 unspecified atom stereocenters. The van der Waals surface area contributed by atoms with Crippen molar-refractivity contribution in [3.05, 3.63) is 35.7 Å². The van der Waals surface area contributed by atoms with Gasteiger partial charge in [0.1, 0.15) is 0 Å². The summed E-state index contributed by atoms with van der Waals surface area (Å²) in [5.74, 6) is 1.44. The summed E-state index contributed by atoms with van der Waals surface area (Å²) in [5, 5.41) is 3.51. The van der Waals surface area contributed by atoms with Crippen molar-refractivity contribution in [3.8, 4) is 0 Å². The van der Waals surface area contributed by atoms with Crippen LogP contribution in [0.3, 0.4) is 0 Å². The van der Waals surface area contributed by atoms with Crippen molar-refractivity contribution in [1.82, 2.24) is 5.32 Å². The number of nitrogens with zero attached hydrogens (tertiary/aromatic N) is 2. The number of fused-ring (bicyclic) bond motifs is 5. The molecular formula is C14H17N3. The fourth-order valence-corrected chi connectivity index (χ4v) is 3.09. The third kappa shape index (κ3) is 1.91. The first kappa shape index (κ1) is 10.7. The molecule has 0 aromatic carbocycles. The smallest absolute Gasteiger partial charge is 0.0454 e. The number of piperidine rings is 1. The molecule has 17 heavy (non-hydrogen) atoms. The number of aliphatic imine (C=N–C) groups is 2. The number of rotatable bonds is 2. The van der Waals surface area contributed by atoms with Crippen LogP contribution in [-0.4, -0.2) is 25.5 Å². The Hall–Kier alpha value is -1.48. The van der Waals surface area contributed by atoms with E-state index in [0.29, 0.717) is 5.92 Å². The van der Waals surface area contributed by atoms with Gasteiger partial charge in [-0.2, -0.15) is 0 Å². The lowest BCUT2D eigenvalue weighted by Crippen LogP contribution is -2.30. The number of allylic oxidation sites excluding steroid dienone is 2. The van der Waals surface area contributed by atoms with Crippen LogP contribution in [-0.2, 0) is 0 Å². The van der Waals surface area contributed by atoms with Crippen molar-refractivity contribution < 1.29 is 0 Å². The molecule has 0 spiro atoms. The minimum absolute atomic E-state index is 0.701. The molecule has 1 aliphatic heterocycles. The molecule has 2 fully saturated rings. The van der Waals surface area contributed by atoms with Gasteiger partial charge in [-0.3, -0.25) is 9.98 Å². The second kappa shape index (κ2) is 4.41. The maximum Gasteiger partial charge on any atom is 0.0454 e. The fourth-order valence-electron chi connectivity index (χ4n) is 3.09. The Bertz CT molecular complexity index is 454. The molecule has 1 saturated carbocycles. The summed E-state index contributed by atoms with van der Waals surface area (Å²) in [6.45, 7) is 5.67. The Morgan fingerprint density at radius 2 is 2.06 bits per heavy atom. The average molecular weight is 227 g/mol. The normalized spacial score (nSPS) is 33.5. The molecule has 0 aromatic heterocycles. The molecule has 0 amide bonds. The molecule has 3 nitrogen and oxygen atoms in total.